The van der Waals surface area contributed by atoms with E-state index in [2.05, 4.69) is 25.9 Å². The molecule has 0 aliphatic carbocycles. The molecule has 0 radical (unpaired) electrons. The standard InChI is InChI=1S/C22H30N2O3/c1-6-7-18-8-10-19(11-9-18)21(25)14-27-22(26)12-20-16(4)23-24(17(20)5)13-15(2)3/h8-11,15H,6-7,12-14H2,1-5H3. The van der Waals surface area contributed by atoms with Gasteiger partial charge >= 0.3 is 5.97 Å². The molecule has 0 unspecified atom stereocenters. The molecule has 0 N–H and O–H groups in total. The molecule has 0 fully saturated rings. The molecule has 2 rings (SSSR count). The molecule has 27 heavy (non-hydrogen) atoms. The van der Waals surface area contributed by atoms with E-state index in [9.17, 15) is 9.59 Å². The van der Waals surface area contributed by atoms with Crippen LogP contribution in [0.5, 0.6) is 0 Å². The van der Waals surface area contributed by atoms with E-state index < -0.39 is 5.97 Å². The monoisotopic (exact) mass is 370 g/mol. The van der Waals surface area contributed by atoms with Crippen LogP contribution >= 0.6 is 0 Å². The van der Waals surface area contributed by atoms with Crippen LogP contribution < -0.4 is 0 Å². The highest BCUT2D eigenvalue weighted by Crippen LogP contribution is 2.16. The molecule has 1 aromatic carbocycles. The summed E-state index contributed by atoms with van der Waals surface area (Å²) in [6, 6.07) is 7.50. The van der Waals surface area contributed by atoms with E-state index in [0.717, 1.165) is 36.3 Å². The number of ketones is 1. The summed E-state index contributed by atoms with van der Waals surface area (Å²) in [6.45, 7) is 10.8. The largest absolute Gasteiger partial charge is 0.457 e. The van der Waals surface area contributed by atoms with Crippen LogP contribution in [-0.4, -0.2) is 28.1 Å². The van der Waals surface area contributed by atoms with E-state index in [-0.39, 0.29) is 18.8 Å². The summed E-state index contributed by atoms with van der Waals surface area (Å²) < 4.78 is 7.15. The molecular formula is C22H30N2O3. The molecular weight excluding hydrogens is 340 g/mol. The Morgan fingerprint density at radius 1 is 1.15 bits per heavy atom. The second kappa shape index (κ2) is 9.49. The summed E-state index contributed by atoms with van der Waals surface area (Å²) in [4.78, 5) is 24.4. The number of ether oxygens (including phenoxy) is 1. The Morgan fingerprint density at radius 2 is 1.81 bits per heavy atom. The third kappa shape index (κ3) is 5.78. The van der Waals surface area contributed by atoms with Crippen LogP contribution in [0.4, 0.5) is 0 Å². The van der Waals surface area contributed by atoms with Gasteiger partial charge in [0.25, 0.3) is 0 Å². The Morgan fingerprint density at radius 3 is 2.41 bits per heavy atom. The average Bonchev–Trinajstić information content (AvgIpc) is 2.87. The first-order valence-corrected chi connectivity index (χ1v) is 9.62. The summed E-state index contributed by atoms with van der Waals surface area (Å²) in [5.41, 5.74) is 4.48. The minimum Gasteiger partial charge on any atom is -0.457 e. The second-order valence-corrected chi connectivity index (χ2v) is 7.43. The molecule has 0 aliphatic rings. The van der Waals surface area contributed by atoms with E-state index in [0.29, 0.717) is 11.5 Å². The number of hydrogen-bond acceptors (Lipinski definition) is 4. The highest BCUT2D eigenvalue weighted by molar-refractivity contribution is 5.98. The van der Waals surface area contributed by atoms with Gasteiger partial charge in [0.2, 0.25) is 0 Å². The van der Waals surface area contributed by atoms with Gasteiger partial charge in [0, 0.05) is 23.4 Å². The zero-order chi connectivity index (χ0) is 20.0. The van der Waals surface area contributed by atoms with E-state index in [1.54, 1.807) is 12.1 Å². The molecule has 0 saturated heterocycles. The summed E-state index contributed by atoms with van der Waals surface area (Å²) in [6.07, 6.45) is 2.20. The quantitative estimate of drug-likeness (QED) is 0.493. The van der Waals surface area contributed by atoms with Gasteiger partial charge in [-0.05, 0) is 31.7 Å². The molecule has 2 aromatic rings. The number of aromatic nitrogens is 2. The summed E-state index contributed by atoms with van der Waals surface area (Å²) in [7, 11) is 0. The van der Waals surface area contributed by atoms with Crippen LogP contribution in [0.2, 0.25) is 0 Å². The minimum atomic E-state index is -0.402. The lowest BCUT2D eigenvalue weighted by Gasteiger charge is -2.08. The molecule has 0 spiro atoms. The van der Waals surface area contributed by atoms with Gasteiger partial charge in [-0.1, -0.05) is 51.5 Å². The number of rotatable bonds is 9. The summed E-state index contributed by atoms with van der Waals surface area (Å²) >= 11 is 0. The van der Waals surface area contributed by atoms with Crippen molar-refractivity contribution in [2.24, 2.45) is 5.92 Å². The number of benzene rings is 1. The van der Waals surface area contributed by atoms with Crippen LogP contribution in [0.1, 0.15) is 60.1 Å². The first-order chi connectivity index (χ1) is 12.8. The fourth-order valence-electron chi connectivity index (χ4n) is 3.08. The second-order valence-electron chi connectivity index (χ2n) is 7.43. The van der Waals surface area contributed by atoms with Gasteiger partial charge < -0.3 is 4.74 Å². The van der Waals surface area contributed by atoms with Crippen molar-refractivity contribution >= 4 is 11.8 Å². The van der Waals surface area contributed by atoms with Crippen LogP contribution in [0.15, 0.2) is 24.3 Å². The fraction of sp³-hybridized carbons (Fsp3) is 0.500. The summed E-state index contributed by atoms with van der Waals surface area (Å²) in [5.74, 6) is -0.110. The van der Waals surface area contributed by atoms with Gasteiger partial charge in [-0.25, -0.2) is 0 Å². The van der Waals surface area contributed by atoms with Crippen molar-refractivity contribution in [1.29, 1.82) is 0 Å². The number of carbonyl (C=O) groups excluding carboxylic acids is 2. The number of Topliss-reactive ketones (excluding diaryl/α,β-unsaturated/α-hetero) is 1. The maximum absolute atomic E-state index is 12.2. The smallest absolute Gasteiger partial charge is 0.310 e. The topological polar surface area (TPSA) is 61.2 Å². The maximum Gasteiger partial charge on any atom is 0.310 e. The van der Waals surface area contributed by atoms with Gasteiger partial charge in [-0.2, -0.15) is 5.10 Å². The molecule has 0 atom stereocenters. The predicted octanol–water partition coefficient (Wildman–Crippen LogP) is 4.08. The lowest BCUT2D eigenvalue weighted by Crippen LogP contribution is -2.16. The molecule has 146 valence electrons. The SMILES string of the molecule is CCCc1ccc(C(=O)COC(=O)Cc2c(C)nn(CC(C)C)c2C)cc1. The number of aryl methyl sites for hydroxylation is 2. The third-order valence-electron chi connectivity index (χ3n) is 4.57. The summed E-state index contributed by atoms with van der Waals surface area (Å²) in [5, 5.41) is 4.51. The van der Waals surface area contributed by atoms with Crippen molar-refractivity contribution in [2.45, 2.75) is 60.4 Å². The molecule has 1 heterocycles. The molecule has 1 aromatic heterocycles. The van der Waals surface area contributed by atoms with Crippen molar-refractivity contribution < 1.29 is 14.3 Å². The van der Waals surface area contributed by atoms with Crippen molar-refractivity contribution in [3.63, 3.8) is 0 Å². The van der Waals surface area contributed by atoms with Crippen molar-refractivity contribution in [3.05, 3.63) is 52.3 Å². The number of hydrogen-bond donors (Lipinski definition) is 0. The highest BCUT2D eigenvalue weighted by atomic mass is 16.5. The van der Waals surface area contributed by atoms with Crippen LogP contribution in [0, 0.1) is 19.8 Å². The molecule has 5 nitrogen and oxygen atoms in total. The van der Waals surface area contributed by atoms with Crippen molar-refractivity contribution in [3.8, 4) is 0 Å². The van der Waals surface area contributed by atoms with Crippen LogP contribution in [0.25, 0.3) is 0 Å². The third-order valence-corrected chi connectivity index (χ3v) is 4.57. The number of nitrogens with zero attached hydrogens (tertiary/aromatic N) is 2. The van der Waals surface area contributed by atoms with Crippen molar-refractivity contribution in [1.82, 2.24) is 9.78 Å². The predicted molar refractivity (Wildman–Crippen MR) is 106 cm³/mol. The van der Waals surface area contributed by atoms with E-state index in [1.165, 1.54) is 5.56 Å². The zero-order valence-electron chi connectivity index (χ0n) is 17.0. The van der Waals surface area contributed by atoms with Gasteiger partial charge in [-0.15, -0.1) is 0 Å². The Kier molecular flexibility index (Phi) is 7.34. The number of carbonyl (C=O) groups is 2. The lowest BCUT2D eigenvalue weighted by atomic mass is 10.1. The highest BCUT2D eigenvalue weighted by Gasteiger charge is 2.17. The van der Waals surface area contributed by atoms with Gasteiger partial charge in [0.15, 0.2) is 12.4 Å². The van der Waals surface area contributed by atoms with Gasteiger partial charge in [-0.3, -0.25) is 14.3 Å². The molecule has 5 heteroatoms. The maximum atomic E-state index is 12.2. The van der Waals surface area contributed by atoms with Crippen LogP contribution in [-0.2, 0) is 28.9 Å². The molecule has 0 bridgehead atoms. The zero-order valence-corrected chi connectivity index (χ0v) is 17.0. The Balaban J connectivity index is 1.92. The normalized spacial score (nSPS) is 11.0. The van der Waals surface area contributed by atoms with E-state index in [4.69, 9.17) is 4.74 Å². The van der Waals surface area contributed by atoms with E-state index >= 15 is 0 Å². The lowest BCUT2D eigenvalue weighted by molar-refractivity contribution is -0.141. The molecule has 0 aliphatic heterocycles. The van der Waals surface area contributed by atoms with Crippen molar-refractivity contribution in [2.75, 3.05) is 6.61 Å². The molecule has 0 saturated carbocycles. The van der Waals surface area contributed by atoms with E-state index in [1.807, 2.05) is 30.7 Å². The first kappa shape index (κ1) is 20.9. The first-order valence-electron chi connectivity index (χ1n) is 9.62. The minimum absolute atomic E-state index is 0.137. The van der Waals surface area contributed by atoms with Gasteiger partial charge in [0.1, 0.15) is 0 Å². The Labute approximate surface area is 161 Å². The van der Waals surface area contributed by atoms with Gasteiger partial charge in [0.05, 0.1) is 12.1 Å². The van der Waals surface area contributed by atoms with Crippen LogP contribution in [0.3, 0.4) is 0 Å². The molecule has 0 amide bonds. The Bertz CT molecular complexity index is 789. The number of esters is 1. The Hall–Kier alpha value is -2.43. The fourth-order valence-corrected chi connectivity index (χ4v) is 3.08. The average molecular weight is 370 g/mol.